The summed E-state index contributed by atoms with van der Waals surface area (Å²) in [5, 5.41) is 5.10. The minimum atomic E-state index is -3.82. The molecule has 1 N–H and O–H groups in total. The highest BCUT2D eigenvalue weighted by Crippen LogP contribution is 2.20. The quantitative estimate of drug-likeness (QED) is 0.695. The number of nitrogens with zero attached hydrogens (tertiary/aromatic N) is 2. The second-order valence-electron chi connectivity index (χ2n) is 5.93. The van der Waals surface area contributed by atoms with E-state index in [0.29, 0.717) is 5.56 Å². The van der Waals surface area contributed by atoms with Gasteiger partial charge >= 0.3 is 0 Å². The van der Waals surface area contributed by atoms with Crippen LogP contribution in [-0.2, 0) is 16.6 Å². The third kappa shape index (κ3) is 4.79. The van der Waals surface area contributed by atoms with E-state index in [2.05, 4.69) is 9.82 Å². The number of aromatic nitrogens is 2. The molecule has 0 radical (unpaired) electrons. The smallest absolute Gasteiger partial charge is 0.256 e. The molecule has 3 aromatic rings. The highest BCUT2D eigenvalue weighted by atomic mass is 32.2. The molecule has 1 aromatic heterocycles. The van der Waals surface area contributed by atoms with E-state index in [-0.39, 0.29) is 17.9 Å². The van der Waals surface area contributed by atoms with Gasteiger partial charge in [0.05, 0.1) is 18.1 Å². The van der Waals surface area contributed by atoms with Crippen LogP contribution in [0.1, 0.15) is 16.7 Å². The molecule has 140 valence electrons. The van der Waals surface area contributed by atoms with Crippen LogP contribution < -0.4 is 4.72 Å². The van der Waals surface area contributed by atoms with E-state index in [4.69, 9.17) is 0 Å². The van der Waals surface area contributed by atoms with E-state index >= 15 is 0 Å². The van der Waals surface area contributed by atoms with Gasteiger partial charge < -0.3 is 0 Å². The largest absolute Gasteiger partial charge is 0.264 e. The summed E-state index contributed by atoms with van der Waals surface area (Å²) in [6, 6.07) is 12.1. The monoisotopic (exact) mass is 389 g/mol. The molecule has 5 nitrogen and oxygen atoms in total. The van der Waals surface area contributed by atoms with Gasteiger partial charge in [0.1, 0.15) is 17.5 Å². The highest BCUT2D eigenvalue weighted by molar-refractivity contribution is 7.95. The van der Waals surface area contributed by atoms with E-state index in [1.807, 2.05) is 6.07 Å². The van der Waals surface area contributed by atoms with Gasteiger partial charge in [0, 0.05) is 11.1 Å². The third-order valence-electron chi connectivity index (χ3n) is 3.83. The van der Waals surface area contributed by atoms with Gasteiger partial charge in [0.25, 0.3) is 10.0 Å². The summed E-state index contributed by atoms with van der Waals surface area (Å²) in [5.74, 6) is -0.984. The molecule has 0 saturated carbocycles. The second-order valence-corrected chi connectivity index (χ2v) is 7.50. The fourth-order valence-electron chi connectivity index (χ4n) is 2.46. The fraction of sp³-hybridized carbons (Fsp3) is 0.105. The first-order chi connectivity index (χ1) is 12.8. The summed E-state index contributed by atoms with van der Waals surface area (Å²) in [7, 11) is -3.82. The summed E-state index contributed by atoms with van der Waals surface area (Å²) in [6.07, 6.45) is 2.92. The van der Waals surface area contributed by atoms with Crippen LogP contribution in [0.3, 0.4) is 0 Å². The Kier molecular flexibility index (Phi) is 5.36. The van der Waals surface area contributed by atoms with Gasteiger partial charge in [-0.2, -0.15) is 5.10 Å². The van der Waals surface area contributed by atoms with Gasteiger partial charge in [-0.05, 0) is 36.8 Å². The van der Waals surface area contributed by atoms with Crippen molar-refractivity contribution in [3.05, 3.63) is 88.5 Å². The maximum absolute atomic E-state index is 13.9. The van der Waals surface area contributed by atoms with Crippen molar-refractivity contribution in [2.45, 2.75) is 13.5 Å². The number of aryl methyl sites for hydroxylation is 1. The Morgan fingerprint density at radius 2 is 1.89 bits per heavy atom. The molecule has 1 heterocycles. The number of hydrogen-bond acceptors (Lipinski definition) is 3. The van der Waals surface area contributed by atoms with Crippen LogP contribution in [0.2, 0.25) is 0 Å². The van der Waals surface area contributed by atoms with E-state index < -0.39 is 21.7 Å². The molecule has 0 fully saturated rings. The van der Waals surface area contributed by atoms with Gasteiger partial charge in [-0.25, -0.2) is 21.9 Å². The predicted octanol–water partition coefficient (Wildman–Crippen LogP) is 3.93. The Bertz CT molecular complexity index is 1080. The summed E-state index contributed by atoms with van der Waals surface area (Å²) >= 11 is 0. The number of sulfonamides is 1. The third-order valence-corrected chi connectivity index (χ3v) is 4.80. The molecule has 0 bridgehead atoms. The minimum Gasteiger partial charge on any atom is -0.264 e. The number of halogens is 2. The van der Waals surface area contributed by atoms with Gasteiger partial charge in [-0.1, -0.05) is 30.3 Å². The number of hydrogen-bond donors (Lipinski definition) is 1. The lowest BCUT2D eigenvalue weighted by atomic mass is 10.2. The molecular formula is C19H17F2N3O2S. The number of rotatable bonds is 6. The van der Waals surface area contributed by atoms with Crippen molar-refractivity contribution < 1.29 is 17.2 Å². The molecule has 0 atom stereocenters. The van der Waals surface area contributed by atoms with Gasteiger partial charge in [-0.15, -0.1) is 0 Å². The van der Waals surface area contributed by atoms with Crippen LogP contribution in [0, 0.1) is 18.6 Å². The highest BCUT2D eigenvalue weighted by Gasteiger charge is 2.15. The molecule has 3 rings (SSSR count). The van der Waals surface area contributed by atoms with E-state index in [1.54, 1.807) is 31.2 Å². The van der Waals surface area contributed by atoms with Crippen LogP contribution >= 0.6 is 0 Å². The Balaban J connectivity index is 1.84. The summed E-state index contributed by atoms with van der Waals surface area (Å²) in [5.41, 5.74) is 1.36. The first-order valence-electron chi connectivity index (χ1n) is 8.06. The first-order valence-corrected chi connectivity index (χ1v) is 9.61. The minimum absolute atomic E-state index is 0.0679. The topological polar surface area (TPSA) is 64.0 Å². The zero-order valence-corrected chi connectivity index (χ0v) is 15.2. The molecular weight excluding hydrogens is 372 g/mol. The second kappa shape index (κ2) is 7.71. The Morgan fingerprint density at radius 1 is 1.15 bits per heavy atom. The Hall–Kier alpha value is -3.00. The molecule has 0 aliphatic heterocycles. The van der Waals surface area contributed by atoms with E-state index in [1.165, 1.54) is 17.0 Å². The maximum atomic E-state index is 13.9. The first kappa shape index (κ1) is 18.8. The summed E-state index contributed by atoms with van der Waals surface area (Å²) in [6.45, 7) is 1.56. The van der Waals surface area contributed by atoms with Crippen molar-refractivity contribution >= 4 is 21.9 Å². The maximum Gasteiger partial charge on any atom is 0.256 e. The normalized spacial score (nSPS) is 11.8. The molecule has 8 heteroatoms. The summed E-state index contributed by atoms with van der Waals surface area (Å²) < 4.78 is 55.7. The van der Waals surface area contributed by atoms with Crippen molar-refractivity contribution in [2.24, 2.45) is 0 Å². The van der Waals surface area contributed by atoms with Crippen LogP contribution in [0.15, 0.2) is 60.1 Å². The molecule has 0 saturated heterocycles. The zero-order valence-electron chi connectivity index (χ0n) is 14.4. The average molecular weight is 389 g/mol. The predicted molar refractivity (Wildman–Crippen MR) is 100 cm³/mol. The molecule has 0 unspecified atom stereocenters. The Labute approximate surface area is 156 Å². The van der Waals surface area contributed by atoms with Crippen molar-refractivity contribution in [1.29, 1.82) is 0 Å². The Morgan fingerprint density at radius 3 is 2.63 bits per heavy atom. The fourth-order valence-corrected chi connectivity index (χ4v) is 3.40. The lowest BCUT2D eigenvalue weighted by Crippen LogP contribution is -2.15. The molecule has 2 aromatic carbocycles. The lowest BCUT2D eigenvalue weighted by molar-refractivity contribution is 0.567. The SMILES string of the molecule is Cc1cnn(Cc2cc(F)ccc2F)c1NS(=O)(=O)/C=C/c1ccccc1. The molecule has 27 heavy (non-hydrogen) atoms. The molecule has 0 aliphatic carbocycles. The van der Waals surface area contributed by atoms with Crippen LogP contribution in [0.5, 0.6) is 0 Å². The molecule has 0 amide bonds. The average Bonchev–Trinajstić information content (AvgIpc) is 2.97. The van der Waals surface area contributed by atoms with Crippen LogP contribution in [0.25, 0.3) is 6.08 Å². The van der Waals surface area contributed by atoms with Crippen molar-refractivity contribution in [3.63, 3.8) is 0 Å². The van der Waals surface area contributed by atoms with Gasteiger partial charge in [0.2, 0.25) is 0 Å². The van der Waals surface area contributed by atoms with Gasteiger partial charge in [0.15, 0.2) is 0 Å². The van der Waals surface area contributed by atoms with Crippen LogP contribution in [-0.4, -0.2) is 18.2 Å². The van der Waals surface area contributed by atoms with Crippen LogP contribution in [0.4, 0.5) is 14.6 Å². The zero-order chi connectivity index (χ0) is 19.4. The van der Waals surface area contributed by atoms with E-state index in [0.717, 1.165) is 29.2 Å². The lowest BCUT2D eigenvalue weighted by Gasteiger charge is -2.11. The van der Waals surface area contributed by atoms with Gasteiger partial charge in [-0.3, -0.25) is 4.72 Å². The van der Waals surface area contributed by atoms with E-state index in [9.17, 15) is 17.2 Å². The number of nitrogens with one attached hydrogen (secondary N) is 1. The molecule has 0 aliphatic rings. The number of benzene rings is 2. The van der Waals surface area contributed by atoms with Crippen molar-refractivity contribution in [1.82, 2.24) is 9.78 Å². The van der Waals surface area contributed by atoms with Crippen molar-refractivity contribution in [2.75, 3.05) is 4.72 Å². The number of anilines is 1. The standard InChI is InChI=1S/C19H17F2N3O2S/c1-14-12-22-24(13-16-11-17(20)7-8-18(16)21)19(14)23-27(25,26)10-9-15-5-3-2-4-6-15/h2-12,23H,13H2,1H3/b10-9+. The molecule has 0 spiro atoms. The van der Waals surface area contributed by atoms with Crippen molar-refractivity contribution in [3.8, 4) is 0 Å². The summed E-state index contributed by atoms with van der Waals surface area (Å²) in [4.78, 5) is 0.